The fourth-order valence-corrected chi connectivity index (χ4v) is 1.51. The lowest BCUT2D eigenvalue weighted by Gasteiger charge is -2.01. The summed E-state index contributed by atoms with van der Waals surface area (Å²) in [5.74, 6) is -2.84. The third-order valence-corrected chi connectivity index (χ3v) is 2.28. The van der Waals surface area contributed by atoms with E-state index in [1.165, 1.54) is 0 Å². The van der Waals surface area contributed by atoms with E-state index in [2.05, 4.69) is 0 Å². The number of rotatable bonds is 3. The molecule has 76 valence electrons. The Labute approximate surface area is 81.6 Å². The van der Waals surface area contributed by atoms with Gasteiger partial charge in [-0.05, 0) is 31.8 Å². The Kier molecular flexibility index (Phi) is 3.06. The summed E-state index contributed by atoms with van der Waals surface area (Å²) in [6.45, 7) is 1.87. The van der Waals surface area contributed by atoms with E-state index in [0.717, 1.165) is 24.5 Å². The van der Waals surface area contributed by atoms with Gasteiger partial charge in [0.15, 0.2) is 0 Å². The summed E-state index contributed by atoms with van der Waals surface area (Å²) in [5, 5.41) is 17.8. The lowest BCUT2D eigenvalue weighted by molar-refractivity contribution is -0.146. The highest BCUT2D eigenvalue weighted by Gasteiger charge is 2.17. The predicted molar refractivity (Wildman–Crippen MR) is 49.9 cm³/mol. The van der Waals surface area contributed by atoms with Gasteiger partial charge in [0, 0.05) is 6.08 Å². The second-order valence-corrected chi connectivity index (χ2v) is 3.31. The number of aliphatic carboxylic acids is 1. The minimum absolute atomic E-state index is 0.201. The third-order valence-electron chi connectivity index (χ3n) is 2.28. The number of hydrogen-bond acceptors (Lipinski definition) is 3. The van der Waals surface area contributed by atoms with E-state index in [-0.39, 0.29) is 5.76 Å². The van der Waals surface area contributed by atoms with Crippen molar-refractivity contribution in [1.29, 1.82) is 0 Å². The Morgan fingerprint density at radius 3 is 2.36 bits per heavy atom. The highest BCUT2D eigenvalue weighted by Crippen LogP contribution is 2.29. The summed E-state index contributed by atoms with van der Waals surface area (Å²) in [4.78, 5) is 21.0. The largest absolute Gasteiger partial charge is 0.508 e. The molecule has 0 atom stereocenters. The number of ketones is 1. The molecule has 0 heterocycles. The molecule has 4 nitrogen and oxygen atoms in total. The smallest absolute Gasteiger partial charge is 0.376 e. The second-order valence-electron chi connectivity index (χ2n) is 3.31. The van der Waals surface area contributed by atoms with Crippen molar-refractivity contribution in [3.63, 3.8) is 0 Å². The van der Waals surface area contributed by atoms with Crippen molar-refractivity contribution in [2.24, 2.45) is 0 Å². The van der Waals surface area contributed by atoms with Crippen molar-refractivity contribution in [2.75, 3.05) is 0 Å². The molecule has 0 spiro atoms. The number of aliphatic hydroxyl groups excluding tert-OH is 1. The molecular weight excluding hydrogens is 184 g/mol. The van der Waals surface area contributed by atoms with Crippen LogP contribution in [-0.2, 0) is 9.59 Å². The summed E-state index contributed by atoms with van der Waals surface area (Å²) in [6.07, 6.45) is 3.32. The van der Waals surface area contributed by atoms with Gasteiger partial charge in [0.25, 0.3) is 5.78 Å². The molecule has 0 saturated carbocycles. The van der Waals surface area contributed by atoms with Crippen LogP contribution in [0.15, 0.2) is 23.0 Å². The molecule has 14 heavy (non-hydrogen) atoms. The predicted octanol–water partition coefficient (Wildman–Crippen LogP) is 1.58. The Morgan fingerprint density at radius 1 is 1.29 bits per heavy atom. The van der Waals surface area contributed by atoms with Crippen LogP contribution in [0, 0.1) is 0 Å². The van der Waals surface area contributed by atoms with Crippen molar-refractivity contribution in [3.8, 4) is 0 Å². The SMILES string of the molecule is CC1=C(/C(O)=C/C(=O)C(=O)O)CCC1. The number of aliphatic hydroxyl groups is 1. The minimum Gasteiger partial charge on any atom is -0.508 e. The summed E-state index contributed by atoms with van der Waals surface area (Å²) < 4.78 is 0. The maximum Gasteiger partial charge on any atom is 0.376 e. The van der Waals surface area contributed by atoms with Gasteiger partial charge in [0.2, 0.25) is 0 Å². The normalized spacial score (nSPS) is 17.4. The molecule has 0 radical (unpaired) electrons. The standard InChI is InChI=1S/C10H12O4/c1-6-3-2-4-7(6)8(11)5-9(12)10(13)14/h5,11H,2-4H2,1H3,(H,13,14)/b8-5-. The first kappa shape index (κ1) is 10.5. The van der Waals surface area contributed by atoms with Crippen molar-refractivity contribution in [2.45, 2.75) is 26.2 Å². The van der Waals surface area contributed by atoms with Crippen LogP contribution in [0.25, 0.3) is 0 Å². The quantitative estimate of drug-likeness (QED) is 0.408. The van der Waals surface area contributed by atoms with Crippen LogP contribution in [-0.4, -0.2) is 22.0 Å². The van der Waals surface area contributed by atoms with Crippen LogP contribution in [0.5, 0.6) is 0 Å². The molecule has 4 heteroatoms. The molecule has 1 aliphatic carbocycles. The Morgan fingerprint density at radius 2 is 1.93 bits per heavy atom. The summed E-state index contributed by atoms with van der Waals surface area (Å²) in [5.41, 5.74) is 1.73. The van der Waals surface area contributed by atoms with E-state index in [9.17, 15) is 14.7 Å². The Bertz CT molecular complexity index is 336. The zero-order valence-electron chi connectivity index (χ0n) is 7.91. The van der Waals surface area contributed by atoms with Gasteiger partial charge in [0.1, 0.15) is 5.76 Å². The van der Waals surface area contributed by atoms with E-state index < -0.39 is 11.8 Å². The highest BCUT2D eigenvalue weighted by molar-refractivity contribution is 6.37. The molecule has 2 N–H and O–H groups in total. The summed E-state index contributed by atoms with van der Waals surface area (Å²) in [7, 11) is 0. The lowest BCUT2D eigenvalue weighted by atomic mass is 10.1. The molecule has 0 aliphatic heterocycles. The van der Waals surface area contributed by atoms with Gasteiger partial charge in [-0.2, -0.15) is 0 Å². The number of carboxylic acid groups (broad SMARTS) is 1. The summed E-state index contributed by atoms with van der Waals surface area (Å²) >= 11 is 0. The first-order valence-electron chi connectivity index (χ1n) is 4.39. The van der Waals surface area contributed by atoms with Crippen LogP contribution >= 0.6 is 0 Å². The molecule has 0 aromatic rings. The molecule has 0 bridgehead atoms. The van der Waals surface area contributed by atoms with Gasteiger partial charge in [-0.25, -0.2) is 4.79 Å². The van der Waals surface area contributed by atoms with Gasteiger partial charge in [-0.3, -0.25) is 4.79 Å². The van der Waals surface area contributed by atoms with Gasteiger partial charge in [0.05, 0.1) is 0 Å². The van der Waals surface area contributed by atoms with Gasteiger partial charge in [-0.15, -0.1) is 0 Å². The molecule has 0 unspecified atom stereocenters. The maximum atomic E-state index is 10.8. The third kappa shape index (κ3) is 2.22. The average molecular weight is 196 g/mol. The minimum atomic E-state index is -1.55. The van der Waals surface area contributed by atoms with Crippen molar-refractivity contribution < 1.29 is 19.8 Å². The van der Waals surface area contributed by atoms with Gasteiger partial charge in [-0.1, -0.05) is 5.57 Å². The second kappa shape index (κ2) is 4.09. The average Bonchev–Trinajstić information content (AvgIpc) is 2.51. The number of hydrogen-bond donors (Lipinski definition) is 2. The summed E-state index contributed by atoms with van der Waals surface area (Å²) in [6, 6.07) is 0. The van der Waals surface area contributed by atoms with Crippen LogP contribution < -0.4 is 0 Å². The van der Waals surface area contributed by atoms with Crippen molar-refractivity contribution >= 4 is 11.8 Å². The topological polar surface area (TPSA) is 74.6 Å². The van der Waals surface area contributed by atoms with Crippen LogP contribution in [0.3, 0.4) is 0 Å². The number of carboxylic acids is 1. The molecule has 0 amide bonds. The molecule has 1 rings (SSSR count). The van der Waals surface area contributed by atoms with Crippen molar-refractivity contribution in [1.82, 2.24) is 0 Å². The highest BCUT2D eigenvalue weighted by atomic mass is 16.4. The van der Waals surface area contributed by atoms with E-state index in [4.69, 9.17) is 5.11 Å². The molecule has 0 aromatic carbocycles. The first-order chi connectivity index (χ1) is 6.52. The van der Waals surface area contributed by atoms with Gasteiger partial charge >= 0.3 is 5.97 Å². The molecule has 0 aromatic heterocycles. The maximum absolute atomic E-state index is 10.8. The van der Waals surface area contributed by atoms with Crippen molar-refractivity contribution in [3.05, 3.63) is 23.0 Å². The van der Waals surface area contributed by atoms with Crippen LogP contribution in [0.4, 0.5) is 0 Å². The fraction of sp³-hybridized carbons (Fsp3) is 0.400. The number of carbonyl (C=O) groups excluding carboxylic acids is 1. The number of allylic oxidation sites excluding steroid dienone is 2. The molecule has 0 saturated heterocycles. The first-order valence-corrected chi connectivity index (χ1v) is 4.39. The molecule has 0 fully saturated rings. The van der Waals surface area contributed by atoms with Gasteiger partial charge < -0.3 is 10.2 Å². The monoisotopic (exact) mass is 196 g/mol. The zero-order chi connectivity index (χ0) is 10.7. The Balaban J connectivity index is 2.84. The molecular formula is C10H12O4. The van der Waals surface area contributed by atoms with E-state index in [0.29, 0.717) is 12.0 Å². The van der Waals surface area contributed by atoms with Crippen LogP contribution in [0.1, 0.15) is 26.2 Å². The van der Waals surface area contributed by atoms with E-state index in [1.807, 2.05) is 6.92 Å². The Hall–Kier alpha value is -1.58. The van der Waals surface area contributed by atoms with E-state index in [1.54, 1.807) is 0 Å². The lowest BCUT2D eigenvalue weighted by Crippen LogP contribution is -2.10. The fourth-order valence-electron chi connectivity index (χ4n) is 1.51. The van der Waals surface area contributed by atoms with Crippen LogP contribution in [0.2, 0.25) is 0 Å². The molecule has 1 aliphatic rings. The zero-order valence-corrected chi connectivity index (χ0v) is 7.91. The van der Waals surface area contributed by atoms with E-state index >= 15 is 0 Å². The number of carbonyl (C=O) groups is 2.